The van der Waals surface area contributed by atoms with Crippen LogP contribution in [0.15, 0.2) is 42.5 Å². The summed E-state index contributed by atoms with van der Waals surface area (Å²) in [5, 5.41) is 15.6. The third kappa shape index (κ3) is 4.17. The highest BCUT2D eigenvalue weighted by Gasteiger charge is 2.37. The van der Waals surface area contributed by atoms with Crippen molar-refractivity contribution in [2.24, 2.45) is 0 Å². The van der Waals surface area contributed by atoms with Gasteiger partial charge >= 0.3 is 6.18 Å². The maximum Gasteiger partial charge on any atom is 0.416 e. The molecule has 0 radical (unpaired) electrons. The molecule has 0 spiro atoms. The summed E-state index contributed by atoms with van der Waals surface area (Å²) in [5.74, 6) is -1.32. The van der Waals surface area contributed by atoms with Gasteiger partial charge < -0.3 is 15.7 Å². The van der Waals surface area contributed by atoms with E-state index in [2.05, 4.69) is 10.6 Å². The Balaban J connectivity index is 1.81. The molecule has 0 fully saturated rings. The molecule has 1 atom stereocenters. The van der Waals surface area contributed by atoms with Crippen LogP contribution in [0.4, 0.5) is 18.9 Å². The molecule has 3 rings (SSSR count). The summed E-state index contributed by atoms with van der Waals surface area (Å²) in [6.07, 6.45) is -3.61. The second-order valence-electron chi connectivity index (χ2n) is 6.85. The quantitative estimate of drug-likeness (QED) is 0.748. The Bertz CT molecular complexity index is 927. The first kappa shape index (κ1) is 19.9. The molecule has 2 aromatic carbocycles. The lowest BCUT2D eigenvalue weighted by Gasteiger charge is -2.24. The number of carbonyl (C=O) groups is 2. The Morgan fingerprint density at radius 3 is 2.57 bits per heavy atom. The number of aliphatic hydroxyl groups is 1. The molecule has 1 unspecified atom stereocenters. The Morgan fingerprint density at radius 1 is 1.18 bits per heavy atom. The first-order valence-corrected chi connectivity index (χ1v) is 8.67. The van der Waals surface area contributed by atoms with Gasteiger partial charge in [0.05, 0.1) is 12.1 Å². The lowest BCUT2D eigenvalue weighted by molar-refractivity contribution is -0.137. The van der Waals surface area contributed by atoms with Crippen molar-refractivity contribution in [3.05, 3.63) is 64.7 Å². The lowest BCUT2D eigenvalue weighted by atomic mass is 9.96. The maximum atomic E-state index is 13.1. The normalized spacial score (nSPS) is 18.5. The van der Waals surface area contributed by atoms with Crippen molar-refractivity contribution in [3.63, 3.8) is 0 Å². The van der Waals surface area contributed by atoms with Crippen LogP contribution in [0.2, 0.25) is 0 Å². The fourth-order valence-corrected chi connectivity index (χ4v) is 3.38. The second-order valence-corrected chi connectivity index (χ2v) is 6.85. The van der Waals surface area contributed by atoms with Crippen LogP contribution in [0.1, 0.15) is 40.4 Å². The maximum absolute atomic E-state index is 13.1. The molecule has 1 aliphatic carbocycles. The average Bonchev–Trinajstić information content (AvgIpc) is 2.96. The summed E-state index contributed by atoms with van der Waals surface area (Å²) in [4.78, 5) is 23.7. The molecule has 0 heterocycles. The first-order chi connectivity index (χ1) is 13.1. The van der Waals surface area contributed by atoms with Crippen LogP contribution in [0.5, 0.6) is 0 Å². The third-order valence-corrected chi connectivity index (χ3v) is 4.71. The minimum absolute atomic E-state index is 0.127. The number of aryl methyl sites for hydroxylation is 1. The molecule has 8 heteroatoms. The van der Waals surface area contributed by atoms with Gasteiger partial charge in [-0.3, -0.25) is 9.59 Å². The number of halogens is 3. The Kier molecular flexibility index (Phi) is 5.16. The van der Waals surface area contributed by atoms with Crippen molar-refractivity contribution in [2.75, 3.05) is 11.9 Å². The van der Waals surface area contributed by atoms with Crippen molar-refractivity contribution in [3.8, 4) is 0 Å². The van der Waals surface area contributed by atoms with Gasteiger partial charge in [-0.1, -0.05) is 24.3 Å². The fourth-order valence-electron chi connectivity index (χ4n) is 3.38. The monoisotopic (exact) mass is 392 g/mol. The zero-order valence-corrected chi connectivity index (χ0v) is 15.1. The van der Waals surface area contributed by atoms with Gasteiger partial charge in [0, 0.05) is 18.2 Å². The number of benzene rings is 2. The summed E-state index contributed by atoms with van der Waals surface area (Å²) in [6.45, 7) is 1.03. The van der Waals surface area contributed by atoms with Crippen molar-refractivity contribution in [1.29, 1.82) is 0 Å². The largest absolute Gasteiger partial charge is 0.416 e. The van der Waals surface area contributed by atoms with Gasteiger partial charge in [-0.25, -0.2) is 0 Å². The molecular formula is C20H19F3N2O3. The summed E-state index contributed by atoms with van der Waals surface area (Å²) in [6, 6.07) is 9.94. The Hall–Kier alpha value is -2.87. The van der Waals surface area contributed by atoms with Gasteiger partial charge in [-0.2, -0.15) is 13.2 Å². The number of anilines is 1. The lowest BCUT2D eigenvalue weighted by Crippen LogP contribution is -2.39. The van der Waals surface area contributed by atoms with E-state index >= 15 is 0 Å². The molecule has 0 saturated carbocycles. The number of hydrogen-bond acceptors (Lipinski definition) is 3. The second kappa shape index (κ2) is 7.27. The predicted octanol–water partition coefficient (Wildman–Crippen LogP) is 3.23. The Labute approximate surface area is 159 Å². The number of hydrogen-bond donors (Lipinski definition) is 3. The van der Waals surface area contributed by atoms with Gasteiger partial charge in [-0.05, 0) is 42.2 Å². The van der Waals surface area contributed by atoms with E-state index in [1.54, 1.807) is 12.1 Å². The summed E-state index contributed by atoms with van der Waals surface area (Å²) >= 11 is 0. The SMILES string of the molecule is CC(=O)Nc1cc(C(=O)NCC2(O)CCc3ccccc32)cc(C(F)(F)F)c1. The molecular weight excluding hydrogens is 373 g/mol. The zero-order chi connectivity index (χ0) is 20.5. The van der Waals surface area contributed by atoms with Crippen LogP contribution >= 0.6 is 0 Å². The van der Waals surface area contributed by atoms with E-state index in [0.29, 0.717) is 24.5 Å². The van der Waals surface area contributed by atoms with Crippen LogP contribution < -0.4 is 10.6 Å². The first-order valence-electron chi connectivity index (χ1n) is 8.67. The van der Waals surface area contributed by atoms with Crippen molar-refractivity contribution in [1.82, 2.24) is 5.32 Å². The molecule has 148 valence electrons. The van der Waals surface area contributed by atoms with Gasteiger partial charge in [0.2, 0.25) is 5.91 Å². The van der Waals surface area contributed by atoms with E-state index in [1.165, 1.54) is 6.07 Å². The van der Waals surface area contributed by atoms with Crippen molar-refractivity contribution in [2.45, 2.75) is 31.5 Å². The molecule has 3 N–H and O–H groups in total. The minimum Gasteiger partial charge on any atom is -0.383 e. The molecule has 0 bridgehead atoms. The molecule has 2 aromatic rings. The van der Waals surface area contributed by atoms with E-state index in [1.807, 2.05) is 12.1 Å². The number of nitrogens with one attached hydrogen (secondary N) is 2. The highest BCUT2D eigenvalue weighted by molar-refractivity contribution is 5.97. The van der Waals surface area contributed by atoms with Gasteiger partial charge in [-0.15, -0.1) is 0 Å². The summed E-state index contributed by atoms with van der Waals surface area (Å²) in [5.41, 5.74) is -1.02. The third-order valence-electron chi connectivity index (χ3n) is 4.71. The highest BCUT2D eigenvalue weighted by atomic mass is 19.4. The molecule has 0 aromatic heterocycles. The van der Waals surface area contributed by atoms with Crippen molar-refractivity contribution >= 4 is 17.5 Å². The highest BCUT2D eigenvalue weighted by Crippen LogP contribution is 2.36. The fraction of sp³-hybridized carbons (Fsp3) is 0.300. The molecule has 28 heavy (non-hydrogen) atoms. The number of carbonyl (C=O) groups excluding carboxylic acids is 2. The van der Waals surface area contributed by atoms with Crippen LogP contribution in [-0.4, -0.2) is 23.5 Å². The van der Waals surface area contributed by atoms with Crippen molar-refractivity contribution < 1.29 is 27.9 Å². The van der Waals surface area contributed by atoms with Crippen LogP contribution in [0.25, 0.3) is 0 Å². The van der Waals surface area contributed by atoms with Crippen LogP contribution in [0.3, 0.4) is 0 Å². The average molecular weight is 392 g/mol. The molecule has 2 amide bonds. The van der Waals surface area contributed by atoms with E-state index < -0.39 is 29.2 Å². The number of fused-ring (bicyclic) bond motifs is 1. The summed E-state index contributed by atoms with van der Waals surface area (Å²) in [7, 11) is 0. The van der Waals surface area contributed by atoms with Gasteiger partial charge in [0.25, 0.3) is 5.91 Å². The van der Waals surface area contributed by atoms with Crippen LogP contribution in [0, 0.1) is 0 Å². The standard InChI is InChI=1S/C20H19F3N2O3/c1-12(26)25-16-9-14(8-15(10-16)20(21,22)23)18(27)24-11-19(28)7-6-13-4-2-3-5-17(13)19/h2-5,8-10,28H,6-7,11H2,1H3,(H,24,27)(H,25,26). The van der Waals surface area contributed by atoms with E-state index in [4.69, 9.17) is 0 Å². The molecule has 0 aliphatic heterocycles. The number of amides is 2. The van der Waals surface area contributed by atoms with E-state index in [0.717, 1.165) is 18.6 Å². The Morgan fingerprint density at radius 2 is 1.89 bits per heavy atom. The van der Waals surface area contributed by atoms with E-state index in [-0.39, 0.29) is 17.8 Å². The molecule has 0 saturated heterocycles. The zero-order valence-electron chi connectivity index (χ0n) is 15.1. The summed E-state index contributed by atoms with van der Waals surface area (Å²) < 4.78 is 39.4. The van der Waals surface area contributed by atoms with Gasteiger partial charge in [0.15, 0.2) is 0 Å². The minimum atomic E-state index is -4.67. The van der Waals surface area contributed by atoms with E-state index in [9.17, 15) is 27.9 Å². The van der Waals surface area contributed by atoms with Gasteiger partial charge in [0.1, 0.15) is 5.60 Å². The number of rotatable bonds is 4. The smallest absolute Gasteiger partial charge is 0.383 e. The molecule has 5 nitrogen and oxygen atoms in total. The van der Waals surface area contributed by atoms with Crippen LogP contribution in [-0.2, 0) is 23.0 Å². The predicted molar refractivity (Wildman–Crippen MR) is 96.7 cm³/mol. The number of alkyl halides is 3. The molecule has 1 aliphatic rings. The topological polar surface area (TPSA) is 78.4 Å².